The van der Waals surface area contributed by atoms with Crippen LogP contribution >= 0.6 is 35.4 Å². The van der Waals surface area contributed by atoms with E-state index in [9.17, 15) is 0 Å². The molecule has 0 unspecified atom stereocenters. The molecule has 0 spiro atoms. The number of aryl methyl sites for hydroxylation is 1. The number of rotatable bonds is 7. The lowest BCUT2D eigenvalue weighted by Crippen LogP contribution is -2.19. The highest BCUT2D eigenvalue weighted by Gasteiger charge is 2.11. The first-order chi connectivity index (χ1) is 15.4. The van der Waals surface area contributed by atoms with Crippen molar-refractivity contribution in [2.24, 2.45) is 0 Å². The summed E-state index contributed by atoms with van der Waals surface area (Å²) in [4.78, 5) is 0. The van der Waals surface area contributed by atoms with Gasteiger partial charge in [-0.3, -0.25) is 14.0 Å². The van der Waals surface area contributed by atoms with Gasteiger partial charge in [0.15, 0.2) is 10.9 Å². The van der Waals surface area contributed by atoms with Crippen LogP contribution in [-0.2, 0) is 19.6 Å². The van der Waals surface area contributed by atoms with Gasteiger partial charge in [0.1, 0.15) is 5.02 Å². The van der Waals surface area contributed by atoms with Gasteiger partial charge in [-0.25, -0.2) is 0 Å². The van der Waals surface area contributed by atoms with Gasteiger partial charge in [-0.2, -0.15) is 15.3 Å². The van der Waals surface area contributed by atoms with E-state index in [1.807, 2.05) is 46.0 Å². The fourth-order valence-corrected chi connectivity index (χ4v) is 3.80. The fourth-order valence-electron chi connectivity index (χ4n) is 3.26. The van der Waals surface area contributed by atoms with Crippen LogP contribution < -0.4 is 10.6 Å². The van der Waals surface area contributed by atoms with Crippen molar-refractivity contribution in [1.82, 2.24) is 29.3 Å². The molecule has 11 heteroatoms. The number of nitrogens with zero attached hydrogens (tertiary/aromatic N) is 6. The second-order valence-electron chi connectivity index (χ2n) is 7.23. The van der Waals surface area contributed by atoms with Gasteiger partial charge in [0, 0.05) is 35.2 Å². The number of thiocarbonyl (C=S) groups is 1. The molecule has 166 valence electrons. The van der Waals surface area contributed by atoms with Crippen LogP contribution in [0.4, 0.5) is 11.5 Å². The molecule has 8 nitrogen and oxygen atoms in total. The van der Waals surface area contributed by atoms with Crippen LogP contribution in [0.1, 0.15) is 23.7 Å². The van der Waals surface area contributed by atoms with Crippen molar-refractivity contribution in [3.05, 3.63) is 75.9 Å². The molecule has 3 aromatic heterocycles. The summed E-state index contributed by atoms with van der Waals surface area (Å²) in [6, 6.07) is 7.59. The van der Waals surface area contributed by atoms with E-state index in [4.69, 9.17) is 35.4 Å². The smallest absolute Gasteiger partial charge is 0.176 e. The highest BCUT2D eigenvalue weighted by atomic mass is 35.5. The average molecular weight is 489 g/mol. The molecule has 0 bridgehead atoms. The lowest BCUT2D eigenvalue weighted by molar-refractivity contribution is 0.633. The molecule has 0 aliphatic rings. The summed E-state index contributed by atoms with van der Waals surface area (Å²) >= 11 is 17.7. The molecular weight excluding hydrogens is 467 g/mol. The Morgan fingerprint density at radius 3 is 2.50 bits per heavy atom. The van der Waals surface area contributed by atoms with Gasteiger partial charge in [-0.1, -0.05) is 35.3 Å². The Hall–Kier alpha value is -2.88. The van der Waals surface area contributed by atoms with E-state index in [0.717, 1.165) is 29.1 Å². The Labute approximate surface area is 201 Å². The predicted octanol–water partition coefficient (Wildman–Crippen LogP) is 4.82. The molecule has 1 aromatic carbocycles. The van der Waals surface area contributed by atoms with Gasteiger partial charge >= 0.3 is 0 Å². The Kier molecular flexibility index (Phi) is 6.78. The molecule has 0 aliphatic carbocycles. The van der Waals surface area contributed by atoms with Crippen molar-refractivity contribution in [2.45, 2.75) is 33.5 Å². The first-order valence-electron chi connectivity index (χ1n) is 10.0. The summed E-state index contributed by atoms with van der Waals surface area (Å²) in [5.74, 6) is 0.480. The Morgan fingerprint density at radius 1 is 1.00 bits per heavy atom. The molecule has 32 heavy (non-hydrogen) atoms. The van der Waals surface area contributed by atoms with Crippen molar-refractivity contribution in [2.75, 3.05) is 10.6 Å². The minimum Gasteiger partial charge on any atom is -0.330 e. The molecule has 0 aliphatic heterocycles. The quantitative estimate of drug-likeness (QED) is 0.363. The summed E-state index contributed by atoms with van der Waals surface area (Å²) in [7, 11) is 0. The van der Waals surface area contributed by atoms with Gasteiger partial charge in [0.25, 0.3) is 0 Å². The van der Waals surface area contributed by atoms with E-state index in [1.165, 1.54) is 0 Å². The molecule has 0 atom stereocenters. The topological polar surface area (TPSA) is 77.5 Å². The summed E-state index contributed by atoms with van der Waals surface area (Å²) in [6.45, 7) is 6.17. The van der Waals surface area contributed by atoms with E-state index in [2.05, 4.69) is 39.8 Å². The summed E-state index contributed by atoms with van der Waals surface area (Å²) in [5.41, 5.74) is 4.09. The Balaban J connectivity index is 1.35. The first-order valence-corrected chi connectivity index (χ1v) is 11.2. The van der Waals surface area contributed by atoms with E-state index in [-0.39, 0.29) is 0 Å². The first kappa shape index (κ1) is 22.3. The molecule has 3 heterocycles. The van der Waals surface area contributed by atoms with Crippen molar-refractivity contribution >= 4 is 52.0 Å². The highest BCUT2D eigenvalue weighted by Crippen LogP contribution is 2.21. The van der Waals surface area contributed by atoms with Crippen LogP contribution in [0.3, 0.4) is 0 Å². The van der Waals surface area contributed by atoms with Gasteiger partial charge < -0.3 is 10.6 Å². The molecule has 0 saturated carbocycles. The average Bonchev–Trinajstić information content (AvgIpc) is 3.44. The number of nitrogens with one attached hydrogen (secondary N) is 2. The maximum absolute atomic E-state index is 6.33. The van der Waals surface area contributed by atoms with Crippen LogP contribution in [-0.4, -0.2) is 34.5 Å². The van der Waals surface area contributed by atoms with E-state index >= 15 is 0 Å². The molecule has 4 aromatic rings. The lowest BCUT2D eigenvalue weighted by atomic mass is 10.2. The van der Waals surface area contributed by atoms with E-state index in [1.54, 1.807) is 17.1 Å². The maximum atomic E-state index is 6.33. The maximum Gasteiger partial charge on any atom is 0.176 e. The van der Waals surface area contributed by atoms with E-state index in [0.29, 0.717) is 34.1 Å². The normalized spacial score (nSPS) is 11.0. The number of halogens is 2. The van der Waals surface area contributed by atoms with Gasteiger partial charge in [0.05, 0.1) is 31.2 Å². The third kappa shape index (κ3) is 5.29. The van der Waals surface area contributed by atoms with Crippen molar-refractivity contribution < 1.29 is 0 Å². The van der Waals surface area contributed by atoms with Gasteiger partial charge in [0.2, 0.25) is 0 Å². The van der Waals surface area contributed by atoms with Crippen LogP contribution in [0.15, 0.2) is 49.1 Å². The van der Waals surface area contributed by atoms with Crippen molar-refractivity contribution in [1.29, 1.82) is 0 Å². The number of hydrogen-bond donors (Lipinski definition) is 2. The minimum atomic E-state index is 0.373. The zero-order valence-corrected chi connectivity index (χ0v) is 19.9. The van der Waals surface area contributed by atoms with Crippen molar-refractivity contribution in [3.63, 3.8) is 0 Å². The minimum absolute atomic E-state index is 0.373. The second kappa shape index (κ2) is 9.72. The molecule has 0 fully saturated rings. The van der Waals surface area contributed by atoms with Gasteiger partial charge in [-0.15, -0.1) is 0 Å². The SMILES string of the molecule is CCn1ncc(Cn2cc(NC(=S)Nc3nn(Cc4ccc(Cl)cc4)cc3Cl)cn2)c1C. The summed E-state index contributed by atoms with van der Waals surface area (Å²) in [6.07, 6.45) is 7.23. The zero-order valence-electron chi connectivity index (χ0n) is 17.6. The number of hydrogen-bond acceptors (Lipinski definition) is 4. The zero-order chi connectivity index (χ0) is 22.7. The number of aromatic nitrogens is 6. The molecule has 0 radical (unpaired) electrons. The number of benzene rings is 1. The van der Waals surface area contributed by atoms with Gasteiger partial charge in [-0.05, 0) is 43.8 Å². The van der Waals surface area contributed by atoms with Crippen LogP contribution in [0.5, 0.6) is 0 Å². The second-order valence-corrected chi connectivity index (χ2v) is 8.48. The van der Waals surface area contributed by atoms with E-state index < -0.39 is 0 Å². The Morgan fingerprint density at radius 2 is 1.78 bits per heavy atom. The lowest BCUT2D eigenvalue weighted by Gasteiger charge is -2.07. The molecular formula is C21H22Cl2N8S. The molecule has 4 rings (SSSR count). The predicted molar refractivity (Wildman–Crippen MR) is 132 cm³/mol. The van der Waals surface area contributed by atoms with Crippen molar-refractivity contribution in [3.8, 4) is 0 Å². The third-order valence-corrected chi connectivity index (χ3v) is 5.67. The summed E-state index contributed by atoms with van der Waals surface area (Å²) < 4.78 is 5.54. The molecule has 2 N–H and O–H groups in total. The number of anilines is 2. The largest absolute Gasteiger partial charge is 0.330 e. The molecule has 0 saturated heterocycles. The Bertz CT molecular complexity index is 1230. The summed E-state index contributed by atoms with van der Waals surface area (Å²) in [5, 5.41) is 20.9. The third-order valence-electron chi connectivity index (χ3n) is 4.93. The van der Waals surface area contributed by atoms with Crippen LogP contribution in [0, 0.1) is 6.92 Å². The standard InChI is InChI=1S/C21H22Cl2N8S/c1-3-31-14(2)16(8-25-31)11-29-12-18(9-24-29)26-21(32)27-20-19(23)13-30(28-20)10-15-4-6-17(22)7-5-15/h4-9,12-13H,3,10-11H2,1-2H3,(H2,26,27,28,32). The van der Waals surface area contributed by atoms with Crippen LogP contribution in [0.2, 0.25) is 10.0 Å². The fraction of sp³-hybridized carbons (Fsp3) is 0.238. The molecule has 0 amide bonds. The monoisotopic (exact) mass is 488 g/mol. The van der Waals surface area contributed by atoms with Crippen LogP contribution in [0.25, 0.3) is 0 Å². The highest BCUT2D eigenvalue weighted by molar-refractivity contribution is 7.80.